The molecule has 0 bridgehead atoms. The van der Waals surface area contributed by atoms with Gasteiger partial charge in [0.15, 0.2) is 0 Å². The molecule has 2 N–H and O–H groups in total. The van der Waals surface area contributed by atoms with Crippen LogP contribution < -0.4 is 10.6 Å². The van der Waals surface area contributed by atoms with Crippen molar-refractivity contribution >= 4 is 5.82 Å². The minimum atomic E-state index is 0.703. The molecule has 2 heterocycles. The summed E-state index contributed by atoms with van der Waals surface area (Å²) in [7, 11) is 1.90. The van der Waals surface area contributed by atoms with Gasteiger partial charge in [-0.25, -0.2) is 4.98 Å². The van der Waals surface area contributed by atoms with Gasteiger partial charge < -0.3 is 10.6 Å². The fourth-order valence-corrected chi connectivity index (χ4v) is 1.95. The molecule has 1 aromatic rings. The third kappa shape index (κ3) is 2.04. The molecule has 0 aromatic carbocycles. The first-order valence-corrected chi connectivity index (χ1v) is 5.24. The molecule has 0 radical (unpaired) electrons. The third-order valence-corrected chi connectivity index (χ3v) is 2.85. The Balaban J connectivity index is 2.07. The largest absolute Gasteiger partial charge is 0.373 e. The molecule has 1 aliphatic rings. The predicted molar refractivity (Wildman–Crippen MR) is 58.6 cm³/mol. The highest BCUT2D eigenvalue weighted by Gasteiger charge is 2.14. The van der Waals surface area contributed by atoms with E-state index in [0.717, 1.165) is 18.9 Å². The molecule has 3 nitrogen and oxygen atoms in total. The molecule has 76 valence electrons. The van der Waals surface area contributed by atoms with E-state index in [9.17, 15) is 0 Å². The molecule has 1 saturated heterocycles. The van der Waals surface area contributed by atoms with Crippen molar-refractivity contribution in [2.75, 3.05) is 25.5 Å². The molecule has 0 spiro atoms. The molecule has 14 heavy (non-hydrogen) atoms. The number of piperidine rings is 1. The topological polar surface area (TPSA) is 37.0 Å². The lowest BCUT2D eigenvalue weighted by Gasteiger charge is -2.22. The van der Waals surface area contributed by atoms with Gasteiger partial charge >= 0.3 is 0 Å². The normalized spacial score (nSPS) is 18.1. The van der Waals surface area contributed by atoms with Gasteiger partial charge in [-0.15, -0.1) is 0 Å². The third-order valence-electron chi connectivity index (χ3n) is 2.85. The number of anilines is 1. The first-order valence-electron chi connectivity index (χ1n) is 5.24. The summed E-state index contributed by atoms with van der Waals surface area (Å²) in [6, 6.07) is 4.24. The Hall–Kier alpha value is -1.09. The molecule has 0 aliphatic carbocycles. The van der Waals surface area contributed by atoms with Gasteiger partial charge in [-0.1, -0.05) is 6.07 Å². The van der Waals surface area contributed by atoms with Crippen LogP contribution in [0.15, 0.2) is 18.3 Å². The number of hydrogen-bond acceptors (Lipinski definition) is 3. The van der Waals surface area contributed by atoms with Crippen LogP contribution in [-0.4, -0.2) is 25.1 Å². The summed E-state index contributed by atoms with van der Waals surface area (Å²) in [5.41, 5.74) is 1.38. The van der Waals surface area contributed by atoms with Crippen molar-refractivity contribution in [3.8, 4) is 0 Å². The summed E-state index contributed by atoms with van der Waals surface area (Å²) in [6.45, 7) is 2.27. The van der Waals surface area contributed by atoms with Gasteiger partial charge in [-0.05, 0) is 43.5 Å². The van der Waals surface area contributed by atoms with Crippen LogP contribution in [0.25, 0.3) is 0 Å². The molecular formula is C11H17N3. The summed E-state index contributed by atoms with van der Waals surface area (Å²) in [5.74, 6) is 1.65. The van der Waals surface area contributed by atoms with Gasteiger partial charge in [0.2, 0.25) is 0 Å². The molecule has 0 amide bonds. The van der Waals surface area contributed by atoms with E-state index in [-0.39, 0.29) is 0 Å². The summed E-state index contributed by atoms with van der Waals surface area (Å²) < 4.78 is 0. The quantitative estimate of drug-likeness (QED) is 0.745. The molecule has 1 aromatic heterocycles. The van der Waals surface area contributed by atoms with Crippen LogP contribution in [0.5, 0.6) is 0 Å². The minimum absolute atomic E-state index is 0.703. The summed E-state index contributed by atoms with van der Waals surface area (Å²) >= 11 is 0. The number of aromatic nitrogens is 1. The second kappa shape index (κ2) is 4.42. The van der Waals surface area contributed by atoms with Crippen LogP contribution in [0.4, 0.5) is 5.82 Å². The van der Waals surface area contributed by atoms with Gasteiger partial charge in [0.1, 0.15) is 5.82 Å². The van der Waals surface area contributed by atoms with Gasteiger partial charge in [-0.2, -0.15) is 0 Å². The van der Waals surface area contributed by atoms with Crippen LogP contribution >= 0.6 is 0 Å². The maximum atomic E-state index is 4.34. The molecule has 1 fully saturated rings. The van der Waals surface area contributed by atoms with E-state index in [4.69, 9.17) is 0 Å². The van der Waals surface area contributed by atoms with Gasteiger partial charge in [0.25, 0.3) is 0 Å². The average molecular weight is 191 g/mol. The van der Waals surface area contributed by atoms with Gasteiger partial charge in [-0.3, -0.25) is 0 Å². The zero-order valence-corrected chi connectivity index (χ0v) is 8.59. The van der Waals surface area contributed by atoms with Gasteiger partial charge in [0.05, 0.1) is 0 Å². The monoisotopic (exact) mass is 191 g/mol. The molecule has 0 saturated carbocycles. The van der Waals surface area contributed by atoms with Crippen molar-refractivity contribution in [1.82, 2.24) is 10.3 Å². The Morgan fingerprint density at radius 1 is 1.36 bits per heavy atom. The lowest BCUT2D eigenvalue weighted by molar-refractivity contribution is 0.459. The number of nitrogens with zero attached hydrogens (tertiary/aromatic N) is 1. The van der Waals surface area contributed by atoms with E-state index >= 15 is 0 Å². The van der Waals surface area contributed by atoms with Crippen LogP contribution in [0.1, 0.15) is 24.3 Å². The number of nitrogens with one attached hydrogen (secondary N) is 2. The first kappa shape index (κ1) is 9.46. The van der Waals surface area contributed by atoms with E-state index < -0.39 is 0 Å². The highest BCUT2D eigenvalue weighted by Crippen LogP contribution is 2.24. The van der Waals surface area contributed by atoms with Crippen molar-refractivity contribution in [2.45, 2.75) is 18.8 Å². The van der Waals surface area contributed by atoms with E-state index in [0.29, 0.717) is 5.92 Å². The summed E-state index contributed by atoms with van der Waals surface area (Å²) in [5, 5.41) is 6.41. The SMILES string of the molecule is CNc1ccc(C2CCNCC2)cn1. The highest BCUT2D eigenvalue weighted by atomic mass is 14.9. The lowest BCUT2D eigenvalue weighted by atomic mass is 9.91. The van der Waals surface area contributed by atoms with Crippen LogP contribution in [0.2, 0.25) is 0 Å². The number of hydrogen-bond donors (Lipinski definition) is 2. The van der Waals surface area contributed by atoms with Crippen molar-refractivity contribution in [3.05, 3.63) is 23.9 Å². The van der Waals surface area contributed by atoms with Crippen molar-refractivity contribution < 1.29 is 0 Å². The second-order valence-electron chi connectivity index (χ2n) is 3.75. The highest BCUT2D eigenvalue weighted by molar-refractivity contribution is 5.35. The Kier molecular flexibility index (Phi) is 2.99. The van der Waals surface area contributed by atoms with Crippen molar-refractivity contribution in [2.24, 2.45) is 0 Å². The van der Waals surface area contributed by atoms with Crippen LogP contribution in [0.3, 0.4) is 0 Å². The smallest absolute Gasteiger partial charge is 0.125 e. The maximum Gasteiger partial charge on any atom is 0.125 e. The Morgan fingerprint density at radius 3 is 2.71 bits per heavy atom. The van der Waals surface area contributed by atoms with E-state index in [1.165, 1.54) is 18.4 Å². The second-order valence-corrected chi connectivity index (χ2v) is 3.75. The van der Waals surface area contributed by atoms with Crippen molar-refractivity contribution in [3.63, 3.8) is 0 Å². The number of rotatable bonds is 2. The molecule has 1 aliphatic heterocycles. The molecule has 0 atom stereocenters. The predicted octanol–water partition coefficient (Wildman–Crippen LogP) is 1.59. The zero-order chi connectivity index (χ0) is 9.80. The molecule has 2 rings (SSSR count). The fraction of sp³-hybridized carbons (Fsp3) is 0.545. The molecular weight excluding hydrogens is 174 g/mol. The zero-order valence-electron chi connectivity index (χ0n) is 8.59. The number of pyridine rings is 1. The van der Waals surface area contributed by atoms with Gasteiger partial charge in [0, 0.05) is 13.2 Å². The van der Waals surface area contributed by atoms with Crippen molar-refractivity contribution in [1.29, 1.82) is 0 Å². The first-order chi connectivity index (χ1) is 6.90. The fourth-order valence-electron chi connectivity index (χ4n) is 1.95. The van der Waals surface area contributed by atoms with E-state index in [1.54, 1.807) is 0 Å². The Morgan fingerprint density at radius 2 is 2.14 bits per heavy atom. The minimum Gasteiger partial charge on any atom is -0.373 e. The maximum absolute atomic E-state index is 4.34. The standard InChI is InChI=1S/C11H17N3/c1-12-11-3-2-10(8-14-11)9-4-6-13-7-5-9/h2-3,8-9,13H,4-7H2,1H3,(H,12,14). The van der Waals surface area contributed by atoms with E-state index in [1.807, 2.05) is 13.2 Å². The Bertz CT molecular complexity index is 275. The lowest BCUT2D eigenvalue weighted by Crippen LogP contribution is -2.26. The summed E-state index contributed by atoms with van der Waals surface area (Å²) in [6.07, 6.45) is 4.48. The molecule has 3 heteroatoms. The molecule has 0 unspecified atom stereocenters. The van der Waals surface area contributed by atoms with Crippen LogP contribution in [-0.2, 0) is 0 Å². The average Bonchev–Trinajstić information content (AvgIpc) is 2.30. The summed E-state index contributed by atoms with van der Waals surface area (Å²) in [4.78, 5) is 4.34. The van der Waals surface area contributed by atoms with Crippen LogP contribution in [0, 0.1) is 0 Å². The van der Waals surface area contributed by atoms with E-state index in [2.05, 4.69) is 27.8 Å². The Labute approximate surface area is 84.9 Å².